The fourth-order valence-electron chi connectivity index (χ4n) is 7.07. The van der Waals surface area contributed by atoms with Gasteiger partial charge in [-0.15, -0.1) is 0 Å². The number of halogens is 1. The van der Waals surface area contributed by atoms with E-state index in [2.05, 4.69) is 6.92 Å². The molecule has 0 amide bonds. The minimum absolute atomic E-state index is 0.0416. The number of alkyl halides is 1. The highest BCUT2D eigenvalue weighted by Gasteiger charge is 2.70. The standard InChI is InChI=1S/C22H29FO3/c1-12-9-18-16-6-5-15(13(2)24)20(16,3)11-19(26)22(18,23)21(4)8-7-14(25)10-17(12)21/h9-10,15-16,18-19,26H,5-8,11H2,1-4H3. The highest BCUT2D eigenvalue weighted by molar-refractivity contribution is 5.92. The largest absolute Gasteiger partial charge is 0.390 e. The number of rotatable bonds is 1. The fraction of sp³-hybridized carbons (Fsp3) is 0.727. The van der Waals surface area contributed by atoms with Gasteiger partial charge in [-0.05, 0) is 62.5 Å². The van der Waals surface area contributed by atoms with Gasteiger partial charge in [-0.3, -0.25) is 9.59 Å². The second kappa shape index (κ2) is 5.37. The summed E-state index contributed by atoms with van der Waals surface area (Å²) in [6, 6.07) is 0. The fourth-order valence-corrected chi connectivity index (χ4v) is 7.07. The highest BCUT2D eigenvalue weighted by Crippen LogP contribution is 2.68. The van der Waals surface area contributed by atoms with E-state index in [1.54, 1.807) is 13.0 Å². The summed E-state index contributed by atoms with van der Waals surface area (Å²) >= 11 is 0. The van der Waals surface area contributed by atoms with E-state index in [-0.39, 0.29) is 28.8 Å². The van der Waals surface area contributed by atoms with Gasteiger partial charge in [0.1, 0.15) is 5.78 Å². The van der Waals surface area contributed by atoms with Crippen LogP contribution in [0.2, 0.25) is 0 Å². The Balaban J connectivity index is 1.89. The SMILES string of the molecule is CC(=O)C1CCC2C3C=C(C)C4=CC(=O)CCC4(C)C3(F)C(O)CC12C. The van der Waals surface area contributed by atoms with E-state index in [4.69, 9.17) is 0 Å². The molecule has 0 aromatic heterocycles. The Morgan fingerprint density at radius 1 is 1.31 bits per heavy atom. The van der Waals surface area contributed by atoms with Crippen molar-refractivity contribution in [2.75, 3.05) is 0 Å². The third-order valence-electron chi connectivity index (χ3n) is 8.41. The van der Waals surface area contributed by atoms with Crippen molar-refractivity contribution < 1.29 is 19.1 Å². The zero-order valence-electron chi connectivity index (χ0n) is 16.1. The lowest BCUT2D eigenvalue weighted by molar-refractivity contribution is -0.187. The Bertz CT molecular complexity index is 752. The van der Waals surface area contributed by atoms with Crippen LogP contribution in [-0.2, 0) is 9.59 Å². The van der Waals surface area contributed by atoms with Crippen LogP contribution >= 0.6 is 0 Å². The molecule has 26 heavy (non-hydrogen) atoms. The summed E-state index contributed by atoms with van der Waals surface area (Å²) in [4.78, 5) is 24.2. The molecule has 1 N–H and O–H groups in total. The van der Waals surface area contributed by atoms with Crippen molar-refractivity contribution >= 4 is 11.6 Å². The Morgan fingerprint density at radius 3 is 2.65 bits per heavy atom. The summed E-state index contributed by atoms with van der Waals surface area (Å²) in [6.45, 7) is 7.54. The van der Waals surface area contributed by atoms with Crippen molar-refractivity contribution in [2.24, 2.45) is 28.6 Å². The van der Waals surface area contributed by atoms with Gasteiger partial charge in [-0.2, -0.15) is 0 Å². The predicted molar refractivity (Wildman–Crippen MR) is 97.1 cm³/mol. The molecule has 4 aliphatic carbocycles. The van der Waals surface area contributed by atoms with Crippen molar-refractivity contribution in [3.63, 3.8) is 0 Å². The number of hydrogen-bond donors (Lipinski definition) is 1. The first-order valence-electron chi connectivity index (χ1n) is 9.87. The summed E-state index contributed by atoms with van der Waals surface area (Å²) in [5, 5.41) is 11.1. The average molecular weight is 360 g/mol. The Hall–Kier alpha value is -1.29. The number of carbonyl (C=O) groups is 2. The van der Waals surface area contributed by atoms with Crippen LogP contribution in [0.3, 0.4) is 0 Å². The van der Waals surface area contributed by atoms with E-state index in [1.807, 2.05) is 19.9 Å². The summed E-state index contributed by atoms with van der Waals surface area (Å²) in [5.41, 5.74) is -1.27. The maximum atomic E-state index is 16.8. The molecule has 3 nitrogen and oxygen atoms in total. The lowest BCUT2D eigenvalue weighted by atomic mass is 9.45. The maximum Gasteiger partial charge on any atom is 0.156 e. The first-order valence-corrected chi connectivity index (χ1v) is 9.87. The number of fused-ring (bicyclic) bond motifs is 5. The molecular formula is C22H29FO3. The van der Waals surface area contributed by atoms with Crippen LogP contribution in [0.25, 0.3) is 0 Å². The first kappa shape index (κ1) is 18.1. The summed E-state index contributed by atoms with van der Waals surface area (Å²) in [5.74, 6) is -0.259. The Morgan fingerprint density at radius 2 is 2.00 bits per heavy atom. The number of Topliss-reactive ketones (excluding diaryl/α,β-unsaturated/α-hetero) is 1. The van der Waals surface area contributed by atoms with Crippen molar-refractivity contribution in [1.82, 2.24) is 0 Å². The minimum atomic E-state index is -1.78. The lowest BCUT2D eigenvalue weighted by Crippen LogP contribution is -2.66. The number of aliphatic hydroxyl groups excluding tert-OH is 1. The van der Waals surface area contributed by atoms with E-state index < -0.39 is 23.1 Å². The molecule has 4 aliphatic rings. The van der Waals surface area contributed by atoms with Crippen LogP contribution in [0, 0.1) is 28.6 Å². The third kappa shape index (κ3) is 1.97. The predicted octanol–water partition coefficient (Wildman–Crippen LogP) is 3.95. The van der Waals surface area contributed by atoms with Crippen molar-refractivity contribution in [3.05, 3.63) is 23.3 Å². The molecule has 0 saturated heterocycles. The van der Waals surface area contributed by atoms with Crippen molar-refractivity contribution in [3.8, 4) is 0 Å². The van der Waals surface area contributed by atoms with Crippen LogP contribution < -0.4 is 0 Å². The monoisotopic (exact) mass is 360 g/mol. The smallest absolute Gasteiger partial charge is 0.156 e. The van der Waals surface area contributed by atoms with Crippen LogP contribution in [0.1, 0.15) is 59.8 Å². The molecule has 142 valence electrons. The zero-order valence-corrected chi connectivity index (χ0v) is 16.1. The van der Waals surface area contributed by atoms with Crippen LogP contribution in [0.4, 0.5) is 4.39 Å². The number of allylic oxidation sites excluding steroid dienone is 4. The zero-order chi connectivity index (χ0) is 19.1. The van der Waals surface area contributed by atoms with Gasteiger partial charge in [0.05, 0.1) is 6.10 Å². The molecule has 0 bridgehead atoms. The average Bonchev–Trinajstić information content (AvgIpc) is 2.89. The lowest BCUT2D eigenvalue weighted by Gasteiger charge is -2.61. The van der Waals surface area contributed by atoms with Gasteiger partial charge in [-0.25, -0.2) is 4.39 Å². The van der Waals surface area contributed by atoms with Gasteiger partial charge in [0.15, 0.2) is 11.5 Å². The molecule has 0 spiro atoms. The molecule has 2 saturated carbocycles. The maximum absolute atomic E-state index is 16.8. The van der Waals surface area contributed by atoms with Crippen molar-refractivity contribution in [1.29, 1.82) is 0 Å². The van der Waals surface area contributed by atoms with E-state index in [1.165, 1.54) is 0 Å². The molecular weight excluding hydrogens is 331 g/mol. The topological polar surface area (TPSA) is 54.4 Å². The molecule has 7 atom stereocenters. The Kier molecular flexibility index (Phi) is 3.74. The molecule has 0 heterocycles. The molecule has 2 fully saturated rings. The van der Waals surface area contributed by atoms with E-state index in [0.717, 1.165) is 24.0 Å². The van der Waals surface area contributed by atoms with Gasteiger partial charge in [0.2, 0.25) is 0 Å². The quantitative estimate of drug-likeness (QED) is 0.770. The van der Waals surface area contributed by atoms with E-state index in [0.29, 0.717) is 19.3 Å². The van der Waals surface area contributed by atoms with Gasteiger partial charge >= 0.3 is 0 Å². The van der Waals surface area contributed by atoms with Crippen LogP contribution in [0.5, 0.6) is 0 Å². The van der Waals surface area contributed by atoms with Gasteiger partial charge in [0.25, 0.3) is 0 Å². The number of carbonyl (C=O) groups excluding carboxylic acids is 2. The third-order valence-corrected chi connectivity index (χ3v) is 8.41. The normalized spacial score (nSPS) is 50.3. The van der Waals surface area contributed by atoms with Gasteiger partial charge in [-0.1, -0.05) is 25.5 Å². The molecule has 0 aliphatic heterocycles. The summed E-state index contributed by atoms with van der Waals surface area (Å²) < 4.78 is 16.8. The summed E-state index contributed by atoms with van der Waals surface area (Å²) in [6.07, 6.45) is 5.11. The van der Waals surface area contributed by atoms with Crippen LogP contribution in [0.15, 0.2) is 23.3 Å². The number of ketones is 2. The van der Waals surface area contributed by atoms with Gasteiger partial charge in [0, 0.05) is 23.7 Å². The molecule has 4 heteroatoms. The van der Waals surface area contributed by atoms with Crippen molar-refractivity contribution in [2.45, 2.75) is 71.6 Å². The molecule has 0 aromatic carbocycles. The second-order valence-electron chi connectivity index (χ2n) is 9.57. The second-order valence-corrected chi connectivity index (χ2v) is 9.57. The molecule has 0 aromatic rings. The van der Waals surface area contributed by atoms with Gasteiger partial charge < -0.3 is 5.11 Å². The van der Waals surface area contributed by atoms with Crippen LogP contribution in [-0.4, -0.2) is 28.4 Å². The van der Waals surface area contributed by atoms with E-state index in [9.17, 15) is 14.7 Å². The number of hydrogen-bond acceptors (Lipinski definition) is 3. The minimum Gasteiger partial charge on any atom is -0.390 e. The van der Waals surface area contributed by atoms with E-state index >= 15 is 4.39 Å². The molecule has 7 unspecified atom stereocenters. The summed E-state index contributed by atoms with van der Waals surface area (Å²) in [7, 11) is 0. The highest BCUT2D eigenvalue weighted by atomic mass is 19.1. The molecule has 0 radical (unpaired) electrons. The Labute approximate surface area is 154 Å². The first-order chi connectivity index (χ1) is 12.1. The molecule has 4 rings (SSSR count). The number of aliphatic hydroxyl groups is 1.